The molecule has 3 aromatic rings. The van der Waals surface area contributed by atoms with Gasteiger partial charge in [0.1, 0.15) is 24.2 Å². The highest BCUT2D eigenvalue weighted by Gasteiger charge is 2.77. The number of hydrogen-bond donors (Lipinski definition) is 2. The van der Waals surface area contributed by atoms with Crippen LogP contribution in [0.15, 0.2) is 72.8 Å². The van der Waals surface area contributed by atoms with Gasteiger partial charge >= 0.3 is 0 Å². The van der Waals surface area contributed by atoms with E-state index in [1.807, 2.05) is 49.3 Å². The average molecular weight is 537 g/mol. The first-order valence-corrected chi connectivity index (χ1v) is 13.0. The number of carbonyl (C=O) groups excluding carboxylic acids is 1. The Labute approximate surface area is 228 Å². The molecule has 1 aliphatic carbocycles. The minimum Gasteiger partial charge on any atom is -0.492 e. The molecular formula is C30H33ClN2O5. The maximum atomic E-state index is 13.6. The molecule has 2 aliphatic rings. The molecule has 1 fully saturated rings. The molecule has 8 heteroatoms. The molecule has 5 atom stereocenters. The van der Waals surface area contributed by atoms with E-state index in [-0.39, 0.29) is 5.91 Å². The number of halogens is 1. The summed E-state index contributed by atoms with van der Waals surface area (Å²) in [6, 6.07) is 21.7. The highest BCUT2D eigenvalue weighted by molar-refractivity contribution is 6.30. The lowest BCUT2D eigenvalue weighted by Gasteiger charge is -2.40. The predicted molar refractivity (Wildman–Crippen MR) is 146 cm³/mol. The number of aliphatic hydroxyl groups is 2. The van der Waals surface area contributed by atoms with E-state index in [4.69, 9.17) is 21.1 Å². The number of amides is 1. The smallest absolute Gasteiger partial charge is 0.228 e. The summed E-state index contributed by atoms with van der Waals surface area (Å²) in [4.78, 5) is 17.1. The molecule has 5 rings (SSSR count). The number of ether oxygens (including phenoxy) is 2. The van der Waals surface area contributed by atoms with E-state index in [0.29, 0.717) is 34.3 Å². The molecule has 7 nitrogen and oxygen atoms in total. The largest absolute Gasteiger partial charge is 0.492 e. The number of aliphatic hydroxyl groups excluding tert-OH is 1. The fourth-order valence-corrected chi connectivity index (χ4v) is 6.12. The summed E-state index contributed by atoms with van der Waals surface area (Å²) >= 11 is 6.24. The van der Waals surface area contributed by atoms with E-state index >= 15 is 0 Å². The third-order valence-corrected chi connectivity index (χ3v) is 7.98. The molecular weight excluding hydrogens is 504 g/mol. The van der Waals surface area contributed by atoms with Gasteiger partial charge in [-0.05, 0) is 49.5 Å². The van der Waals surface area contributed by atoms with Crippen molar-refractivity contribution < 1.29 is 24.5 Å². The van der Waals surface area contributed by atoms with Crippen LogP contribution < -0.4 is 9.47 Å². The van der Waals surface area contributed by atoms with Crippen molar-refractivity contribution in [3.05, 3.63) is 94.5 Å². The fraction of sp³-hybridized carbons (Fsp3) is 0.367. The summed E-state index contributed by atoms with van der Waals surface area (Å²) in [5, 5.41) is 25.1. The Balaban J connectivity index is 1.73. The van der Waals surface area contributed by atoms with Crippen molar-refractivity contribution >= 4 is 17.5 Å². The van der Waals surface area contributed by atoms with Crippen molar-refractivity contribution in [2.45, 2.75) is 23.2 Å². The molecule has 1 aliphatic heterocycles. The normalized spacial score (nSPS) is 27.5. The first-order chi connectivity index (χ1) is 18.1. The van der Waals surface area contributed by atoms with Gasteiger partial charge in [-0.15, -0.1) is 0 Å². The zero-order chi connectivity index (χ0) is 27.2. The number of rotatable bonds is 7. The number of carbonyl (C=O) groups is 1. The van der Waals surface area contributed by atoms with E-state index < -0.39 is 29.1 Å². The van der Waals surface area contributed by atoms with Gasteiger partial charge in [0, 0.05) is 43.2 Å². The summed E-state index contributed by atoms with van der Waals surface area (Å²) in [6.07, 6.45) is -1.46. The molecule has 38 heavy (non-hydrogen) atoms. The summed E-state index contributed by atoms with van der Waals surface area (Å²) < 4.78 is 12.7. The van der Waals surface area contributed by atoms with Crippen LogP contribution in [0.1, 0.15) is 22.6 Å². The van der Waals surface area contributed by atoms with Crippen molar-refractivity contribution in [2.75, 3.05) is 41.3 Å². The molecule has 2 N–H and O–H groups in total. The molecule has 0 unspecified atom stereocenters. The summed E-state index contributed by atoms with van der Waals surface area (Å²) in [5.74, 6) is -0.994. The second-order valence-corrected chi connectivity index (χ2v) is 10.9. The van der Waals surface area contributed by atoms with Crippen LogP contribution in [0.25, 0.3) is 0 Å². The molecule has 1 heterocycles. The SMILES string of the molecule is CN(C)CCOc1ccc2c(c1)O[C@@]1(c3ccc(Cl)cc3)[C@H](c3ccccc3)[C@@H](C(=O)N(C)C)[C@@H](O)[C@@]21O. The minimum atomic E-state index is -1.94. The van der Waals surface area contributed by atoms with Crippen LogP contribution in [0.5, 0.6) is 11.5 Å². The zero-order valence-corrected chi connectivity index (χ0v) is 22.7. The Morgan fingerprint density at radius 3 is 2.34 bits per heavy atom. The predicted octanol–water partition coefficient (Wildman–Crippen LogP) is 3.62. The Morgan fingerprint density at radius 1 is 1.03 bits per heavy atom. The average Bonchev–Trinajstić information content (AvgIpc) is 3.26. The Kier molecular flexibility index (Phi) is 6.90. The Morgan fingerprint density at radius 2 is 1.71 bits per heavy atom. The molecule has 1 saturated carbocycles. The zero-order valence-electron chi connectivity index (χ0n) is 22.0. The number of nitrogens with zero attached hydrogens (tertiary/aromatic N) is 2. The monoisotopic (exact) mass is 536 g/mol. The molecule has 0 aromatic heterocycles. The van der Waals surface area contributed by atoms with Crippen molar-refractivity contribution in [1.82, 2.24) is 9.80 Å². The first kappa shape index (κ1) is 26.5. The molecule has 3 aromatic carbocycles. The van der Waals surface area contributed by atoms with Crippen LogP contribution in [-0.2, 0) is 16.0 Å². The van der Waals surface area contributed by atoms with Gasteiger partial charge in [0.15, 0.2) is 11.2 Å². The van der Waals surface area contributed by atoms with Crippen molar-refractivity contribution in [2.24, 2.45) is 5.92 Å². The third kappa shape index (κ3) is 3.96. The van der Waals surface area contributed by atoms with Crippen LogP contribution in [0, 0.1) is 5.92 Å². The van der Waals surface area contributed by atoms with Crippen LogP contribution in [0.4, 0.5) is 0 Å². The molecule has 0 bridgehead atoms. The van der Waals surface area contributed by atoms with Crippen molar-refractivity contribution in [3.8, 4) is 11.5 Å². The Hall–Kier alpha value is -3.10. The van der Waals surface area contributed by atoms with Gasteiger partial charge in [0.2, 0.25) is 5.91 Å². The van der Waals surface area contributed by atoms with E-state index in [2.05, 4.69) is 0 Å². The number of likely N-dealkylation sites (N-methyl/N-ethyl adjacent to an activating group) is 1. The van der Waals surface area contributed by atoms with Crippen LogP contribution in [0.2, 0.25) is 5.02 Å². The van der Waals surface area contributed by atoms with Crippen molar-refractivity contribution in [1.29, 1.82) is 0 Å². The van der Waals surface area contributed by atoms with Crippen LogP contribution in [-0.4, -0.2) is 73.4 Å². The van der Waals surface area contributed by atoms with E-state index in [0.717, 1.165) is 12.1 Å². The number of hydrogen-bond acceptors (Lipinski definition) is 6. The first-order valence-electron chi connectivity index (χ1n) is 12.6. The Bertz CT molecular complexity index is 1320. The maximum absolute atomic E-state index is 13.6. The quantitative estimate of drug-likeness (QED) is 0.480. The van der Waals surface area contributed by atoms with Gasteiger partial charge in [-0.2, -0.15) is 0 Å². The molecule has 0 radical (unpaired) electrons. The third-order valence-electron chi connectivity index (χ3n) is 7.73. The van der Waals surface area contributed by atoms with Gasteiger partial charge in [-0.1, -0.05) is 54.1 Å². The van der Waals surface area contributed by atoms with E-state index in [1.54, 1.807) is 56.6 Å². The van der Waals surface area contributed by atoms with Gasteiger partial charge in [-0.3, -0.25) is 4.79 Å². The highest BCUT2D eigenvalue weighted by atomic mass is 35.5. The summed E-state index contributed by atoms with van der Waals surface area (Å²) in [7, 11) is 7.24. The molecule has 0 saturated heterocycles. The molecule has 1 amide bonds. The lowest BCUT2D eigenvalue weighted by Crippen LogP contribution is -2.52. The van der Waals surface area contributed by atoms with Gasteiger partial charge in [-0.25, -0.2) is 0 Å². The molecule has 0 spiro atoms. The van der Waals surface area contributed by atoms with E-state index in [9.17, 15) is 15.0 Å². The van der Waals surface area contributed by atoms with Crippen molar-refractivity contribution in [3.63, 3.8) is 0 Å². The van der Waals surface area contributed by atoms with Crippen LogP contribution in [0.3, 0.4) is 0 Å². The highest BCUT2D eigenvalue weighted by Crippen LogP contribution is 2.68. The fourth-order valence-electron chi connectivity index (χ4n) is 6.00. The number of benzene rings is 3. The number of fused-ring (bicyclic) bond motifs is 3. The lowest BCUT2D eigenvalue weighted by molar-refractivity contribution is -0.155. The second-order valence-electron chi connectivity index (χ2n) is 10.5. The van der Waals surface area contributed by atoms with Gasteiger partial charge in [0.25, 0.3) is 0 Å². The van der Waals surface area contributed by atoms with E-state index in [1.165, 1.54) is 4.90 Å². The topological polar surface area (TPSA) is 82.5 Å². The summed E-state index contributed by atoms with van der Waals surface area (Å²) in [5.41, 5.74) is -1.66. The standard InChI is InChI=1S/C30H33ClN2O5/c1-32(2)16-17-37-22-14-15-23-24(18-22)38-30(20-10-12-21(31)13-11-20)26(19-8-6-5-7-9-19)25(28(35)33(3)4)27(34)29(23,30)36/h5-15,18,25-27,34,36H,16-17H2,1-4H3/t25-,26-,27-,29+,30+/m1/s1. The van der Waals surface area contributed by atoms with Crippen LogP contribution >= 0.6 is 11.6 Å². The maximum Gasteiger partial charge on any atom is 0.228 e. The summed E-state index contributed by atoms with van der Waals surface area (Å²) in [6.45, 7) is 1.22. The van der Waals surface area contributed by atoms with Gasteiger partial charge < -0.3 is 29.5 Å². The minimum absolute atomic E-state index is 0.295. The second kappa shape index (κ2) is 9.89. The lowest BCUT2D eigenvalue weighted by atomic mass is 9.70. The molecule has 200 valence electrons. The van der Waals surface area contributed by atoms with Gasteiger partial charge in [0.05, 0.1) is 5.92 Å².